The molecule has 0 saturated heterocycles. The Morgan fingerprint density at radius 3 is 1.95 bits per heavy atom. The highest BCUT2D eigenvalue weighted by Gasteiger charge is 2.27. The maximum absolute atomic E-state index is 11.8. The van der Waals surface area contributed by atoms with Crippen LogP contribution in [0.1, 0.15) is 13.3 Å². The van der Waals surface area contributed by atoms with Gasteiger partial charge >= 0.3 is 5.97 Å². The van der Waals surface area contributed by atoms with Gasteiger partial charge in [0.1, 0.15) is 12.1 Å². The monoisotopic (exact) mass is 290 g/mol. The van der Waals surface area contributed by atoms with Gasteiger partial charge in [-0.2, -0.15) is 0 Å². The molecular weight excluding hydrogens is 272 g/mol. The van der Waals surface area contributed by atoms with Crippen LogP contribution in [-0.2, 0) is 19.2 Å². The summed E-state index contributed by atoms with van der Waals surface area (Å²) >= 11 is 0. The van der Waals surface area contributed by atoms with Crippen LogP contribution in [0.25, 0.3) is 0 Å². The number of nitrogens with one attached hydrogen (secondary N) is 2. The maximum Gasteiger partial charge on any atom is 0.328 e. The van der Waals surface area contributed by atoms with E-state index in [0.29, 0.717) is 0 Å². The fourth-order valence-corrected chi connectivity index (χ4v) is 1.17. The average Bonchev–Trinajstić information content (AvgIpc) is 2.33. The van der Waals surface area contributed by atoms with Crippen molar-refractivity contribution in [3.05, 3.63) is 0 Å². The van der Waals surface area contributed by atoms with E-state index in [4.69, 9.17) is 21.7 Å². The average molecular weight is 290 g/mol. The zero-order valence-corrected chi connectivity index (χ0v) is 10.8. The molecule has 0 unspecified atom stereocenters. The number of carbonyl (C=O) groups excluding carboxylic acids is 3. The predicted molar refractivity (Wildman–Crippen MR) is 66.0 cm³/mol. The second-order valence-electron chi connectivity index (χ2n) is 4.10. The molecule has 114 valence electrons. The van der Waals surface area contributed by atoms with Gasteiger partial charge in [-0.15, -0.1) is 0 Å². The summed E-state index contributed by atoms with van der Waals surface area (Å²) in [5, 5.41) is 21.6. The van der Waals surface area contributed by atoms with E-state index in [2.05, 4.69) is 5.32 Å². The molecule has 3 atom stereocenters. The summed E-state index contributed by atoms with van der Waals surface area (Å²) < 4.78 is 0. The van der Waals surface area contributed by atoms with Crippen molar-refractivity contribution >= 4 is 23.7 Å². The molecule has 0 spiro atoms. The van der Waals surface area contributed by atoms with Crippen molar-refractivity contribution in [1.29, 1.82) is 0 Å². The molecule has 0 aromatic rings. The Morgan fingerprint density at radius 1 is 1.10 bits per heavy atom. The number of hydrogen-bond donors (Lipinski definition) is 6. The molecule has 0 rings (SSSR count). The quantitative estimate of drug-likeness (QED) is 0.265. The molecule has 20 heavy (non-hydrogen) atoms. The van der Waals surface area contributed by atoms with Gasteiger partial charge in [-0.25, -0.2) is 4.79 Å². The number of carboxylic acid groups (broad SMARTS) is 1. The normalized spacial score (nSPS) is 14.8. The summed E-state index contributed by atoms with van der Waals surface area (Å²) in [6.07, 6.45) is -0.526. The third-order valence-corrected chi connectivity index (χ3v) is 2.25. The number of aliphatic carboxylic acids is 1. The number of aliphatic hydroxyl groups excluding tert-OH is 1. The van der Waals surface area contributed by atoms with Crippen LogP contribution >= 0.6 is 0 Å². The molecule has 0 heterocycles. The maximum atomic E-state index is 11.8. The van der Waals surface area contributed by atoms with E-state index in [1.54, 1.807) is 0 Å². The van der Waals surface area contributed by atoms with Crippen LogP contribution in [0.2, 0.25) is 0 Å². The Kier molecular flexibility index (Phi) is 7.18. The number of amides is 3. The highest BCUT2D eigenvalue weighted by molar-refractivity contribution is 5.94. The summed E-state index contributed by atoms with van der Waals surface area (Å²) in [4.78, 5) is 44.7. The fourth-order valence-electron chi connectivity index (χ4n) is 1.17. The molecule has 10 nitrogen and oxygen atoms in total. The van der Waals surface area contributed by atoms with Crippen LogP contribution in [0.3, 0.4) is 0 Å². The lowest BCUT2D eigenvalue weighted by molar-refractivity contribution is -0.143. The first-order chi connectivity index (χ1) is 9.18. The van der Waals surface area contributed by atoms with Crippen LogP contribution in [0, 0.1) is 0 Å². The highest BCUT2D eigenvalue weighted by atomic mass is 16.4. The molecular formula is C10H18N4O6. The number of nitrogens with two attached hydrogens (primary N) is 2. The van der Waals surface area contributed by atoms with Gasteiger partial charge in [0.05, 0.1) is 19.1 Å². The van der Waals surface area contributed by atoms with Crippen molar-refractivity contribution in [2.75, 3.05) is 6.61 Å². The predicted octanol–water partition coefficient (Wildman–Crippen LogP) is -3.74. The summed E-state index contributed by atoms with van der Waals surface area (Å²) in [5.74, 6) is -4.00. The van der Waals surface area contributed by atoms with Crippen LogP contribution in [0.15, 0.2) is 0 Å². The lowest BCUT2D eigenvalue weighted by Crippen LogP contribution is -2.55. The molecule has 10 heteroatoms. The Balaban J connectivity index is 4.84. The van der Waals surface area contributed by atoms with E-state index in [0.717, 1.165) is 0 Å². The molecule has 0 saturated carbocycles. The molecule has 0 aliphatic rings. The summed E-state index contributed by atoms with van der Waals surface area (Å²) in [6.45, 7) is 0.522. The Bertz CT molecular complexity index is 397. The molecule has 0 bridgehead atoms. The lowest BCUT2D eigenvalue weighted by atomic mass is 10.1. The first-order valence-corrected chi connectivity index (χ1v) is 5.67. The standard InChI is InChI=1S/C10H18N4O6/c1-4(11)8(17)13-5(2-7(12)16)9(18)14-6(3-15)10(19)20/h4-6,15H,2-3,11H2,1H3,(H2,12,16)(H,13,17)(H,14,18)(H,19,20)/t4-,5-,6-/m0/s1. The molecule has 0 fully saturated rings. The van der Waals surface area contributed by atoms with Crippen LogP contribution in [0.5, 0.6) is 0 Å². The Labute approximate surface area is 114 Å². The second kappa shape index (κ2) is 8.07. The van der Waals surface area contributed by atoms with Crippen molar-refractivity contribution in [3.63, 3.8) is 0 Å². The largest absolute Gasteiger partial charge is 0.480 e. The first-order valence-electron chi connectivity index (χ1n) is 5.67. The van der Waals surface area contributed by atoms with Gasteiger partial charge in [0.25, 0.3) is 0 Å². The Morgan fingerprint density at radius 2 is 1.60 bits per heavy atom. The van der Waals surface area contributed by atoms with E-state index in [1.807, 2.05) is 5.32 Å². The van der Waals surface area contributed by atoms with Gasteiger partial charge in [-0.05, 0) is 6.92 Å². The summed E-state index contributed by atoms with van der Waals surface area (Å²) in [5.41, 5.74) is 10.2. The van der Waals surface area contributed by atoms with Crippen LogP contribution in [-0.4, -0.2) is 58.6 Å². The molecule has 0 aliphatic heterocycles. The second-order valence-corrected chi connectivity index (χ2v) is 4.10. The van der Waals surface area contributed by atoms with E-state index < -0.39 is 54.8 Å². The number of carboxylic acids is 1. The van der Waals surface area contributed by atoms with E-state index in [1.165, 1.54) is 6.92 Å². The van der Waals surface area contributed by atoms with Crippen molar-refractivity contribution in [3.8, 4) is 0 Å². The number of aliphatic hydroxyl groups is 1. The van der Waals surface area contributed by atoms with Crippen LogP contribution in [0.4, 0.5) is 0 Å². The molecule has 8 N–H and O–H groups in total. The number of primary amides is 1. The molecule has 3 amide bonds. The minimum absolute atomic E-state index is 0.526. The smallest absolute Gasteiger partial charge is 0.328 e. The van der Waals surface area contributed by atoms with Gasteiger partial charge in [0.2, 0.25) is 17.7 Å². The fraction of sp³-hybridized carbons (Fsp3) is 0.600. The third-order valence-electron chi connectivity index (χ3n) is 2.25. The third kappa shape index (κ3) is 6.11. The van der Waals surface area contributed by atoms with E-state index in [-0.39, 0.29) is 0 Å². The SMILES string of the molecule is C[C@H](N)C(=O)N[C@@H](CC(N)=O)C(=O)N[C@@H](CO)C(=O)O. The first kappa shape index (κ1) is 17.8. The molecule has 0 aromatic heterocycles. The highest BCUT2D eigenvalue weighted by Crippen LogP contribution is 1.95. The topological polar surface area (TPSA) is 185 Å². The minimum atomic E-state index is -1.55. The minimum Gasteiger partial charge on any atom is -0.480 e. The van der Waals surface area contributed by atoms with Gasteiger partial charge in [0.15, 0.2) is 0 Å². The summed E-state index contributed by atoms with van der Waals surface area (Å²) in [6, 6.07) is -3.84. The van der Waals surface area contributed by atoms with Gasteiger partial charge < -0.3 is 32.3 Å². The van der Waals surface area contributed by atoms with Gasteiger partial charge in [0, 0.05) is 0 Å². The number of hydrogen-bond acceptors (Lipinski definition) is 6. The van der Waals surface area contributed by atoms with Crippen molar-refractivity contribution < 1.29 is 29.4 Å². The molecule has 0 aliphatic carbocycles. The van der Waals surface area contributed by atoms with Gasteiger partial charge in [-0.1, -0.05) is 0 Å². The van der Waals surface area contributed by atoms with Crippen molar-refractivity contribution in [2.45, 2.75) is 31.5 Å². The number of rotatable bonds is 8. The zero-order valence-electron chi connectivity index (χ0n) is 10.8. The molecule has 0 aromatic carbocycles. The molecule has 0 radical (unpaired) electrons. The lowest BCUT2D eigenvalue weighted by Gasteiger charge is -2.20. The van der Waals surface area contributed by atoms with Crippen molar-refractivity contribution in [1.82, 2.24) is 10.6 Å². The Hall–Kier alpha value is -2.20. The number of carbonyl (C=O) groups is 4. The van der Waals surface area contributed by atoms with Crippen LogP contribution < -0.4 is 22.1 Å². The van der Waals surface area contributed by atoms with Crippen molar-refractivity contribution in [2.24, 2.45) is 11.5 Å². The van der Waals surface area contributed by atoms with E-state index >= 15 is 0 Å². The zero-order chi connectivity index (χ0) is 15.9. The van der Waals surface area contributed by atoms with Gasteiger partial charge in [-0.3, -0.25) is 14.4 Å². The summed E-state index contributed by atoms with van der Waals surface area (Å²) in [7, 11) is 0. The van der Waals surface area contributed by atoms with E-state index in [9.17, 15) is 19.2 Å².